The minimum absolute atomic E-state index is 0.0386. The summed E-state index contributed by atoms with van der Waals surface area (Å²) >= 11 is 1.78. The number of carbonyl (C=O) groups is 2. The highest BCUT2D eigenvalue weighted by molar-refractivity contribution is 7.99. The lowest BCUT2D eigenvalue weighted by atomic mass is 10.1. The maximum Gasteiger partial charge on any atom is 0.253 e. The van der Waals surface area contributed by atoms with Gasteiger partial charge < -0.3 is 14.7 Å². The van der Waals surface area contributed by atoms with E-state index in [0.717, 1.165) is 11.4 Å². The zero-order valence-electron chi connectivity index (χ0n) is 17.8. The molecule has 0 atom stereocenters. The third kappa shape index (κ3) is 4.10. The van der Waals surface area contributed by atoms with Crippen molar-refractivity contribution in [2.75, 3.05) is 37.6 Å². The fourth-order valence-electron chi connectivity index (χ4n) is 4.31. The summed E-state index contributed by atoms with van der Waals surface area (Å²) in [6, 6.07) is 26.1. The minimum atomic E-state index is 0.0386. The highest BCUT2D eigenvalue weighted by Gasteiger charge is 2.27. The van der Waals surface area contributed by atoms with Crippen molar-refractivity contribution >= 4 is 35.0 Å². The van der Waals surface area contributed by atoms with Crippen LogP contribution in [0.5, 0.6) is 0 Å². The lowest BCUT2D eigenvalue weighted by Crippen LogP contribution is -2.51. The zero-order valence-corrected chi connectivity index (χ0v) is 18.6. The highest BCUT2D eigenvalue weighted by Crippen LogP contribution is 2.47. The number of rotatable bonds is 4. The predicted octanol–water partition coefficient (Wildman–Crippen LogP) is 4.66. The molecule has 0 aromatic heterocycles. The summed E-state index contributed by atoms with van der Waals surface area (Å²) in [7, 11) is 0. The molecule has 0 bridgehead atoms. The molecule has 0 N–H and O–H groups in total. The lowest BCUT2D eigenvalue weighted by molar-refractivity contribution is -0.132. The van der Waals surface area contributed by atoms with Crippen LogP contribution in [0.25, 0.3) is 0 Å². The Morgan fingerprint density at radius 1 is 0.688 bits per heavy atom. The third-order valence-electron chi connectivity index (χ3n) is 6.02. The molecular formula is C26H25N3O2S. The van der Waals surface area contributed by atoms with Gasteiger partial charge in [-0.25, -0.2) is 0 Å². The van der Waals surface area contributed by atoms with Crippen LogP contribution >= 0.6 is 11.8 Å². The van der Waals surface area contributed by atoms with E-state index in [1.807, 2.05) is 52.3 Å². The maximum atomic E-state index is 13.0. The second kappa shape index (κ2) is 9.09. The number of nitrogens with zero attached hydrogens (tertiary/aromatic N) is 3. The SMILES string of the molecule is O=C(CCN1c2ccccc2Sc2ccccc21)N1CCN(C(=O)c2ccccc2)CC1. The molecule has 2 aliphatic rings. The van der Waals surface area contributed by atoms with Crippen LogP contribution < -0.4 is 4.90 Å². The average molecular weight is 444 g/mol. The summed E-state index contributed by atoms with van der Waals surface area (Å²) in [6.07, 6.45) is 0.444. The van der Waals surface area contributed by atoms with Gasteiger partial charge in [-0.1, -0.05) is 54.2 Å². The van der Waals surface area contributed by atoms with E-state index in [2.05, 4.69) is 41.3 Å². The van der Waals surface area contributed by atoms with Crippen molar-refractivity contribution in [2.24, 2.45) is 0 Å². The summed E-state index contributed by atoms with van der Waals surface area (Å²) in [5.74, 6) is 0.182. The number of anilines is 2. The Morgan fingerprint density at radius 2 is 1.22 bits per heavy atom. The van der Waals surface area contributed by atoms with E-state index in [-0.39, 0.29) is 11.8 Å². The van der Waals surface area contributed by atoms with Gasteiger partial charge in [0, 0.05) is 54.5 Å². The van der Waals surface area contributed by atoms with Crippen LogP contribution in [0.15, 0.2) is 88.7 Å². The Kier molecular flexibility index (Phi) is 5.86. The Morgan fingerprint density at radius 3 is 1.84 bits per heavy atom. The van der Waals surface area contributed by atoms with Gasteiger partial charge in [0.15, 0.2) is 0 Å². The monoisotopic (exact) mass is 443 g/mol. The number of para-hydroxylation sites is 2. The minimum Gasteiger partial charge on any atom is -0.339 e. The van der Waals surface area contributed by atoms with Crippen LogP contribution in [0.3, 0.4) is 0 Å². The van der Waals surface area contributed by atoms with Gasteiger partial charge in [0.2, 0.25) is 5.91 Å². The summed E-state index contributed by atoms with van der Waals surface area (Å²) in [5.41, 5.74) is 3.01. The van der Waals surface area contributed by atoms with Gasteiger partial charge in [0.25, 0.3) is 5.91 Å². The second-order valence-electron chi connectivity index (χ2n) is 7.98. The van der Waals surface area contributed by atoms with Crippen LogP contribution in [0.1, 0.15) is 16.8 Å². The van der Waals surface area contributed by atoms with Crippen molar-refractivity contribution in [3.63, 3.8) is 0 Å². The van der Waals surface area contributed by atoms with E-state index < -0.39 is 0 Å². The number of hydrogen-bond donors (Lipinski definition) is 0. The fraction of sp³-hybridized carbons (Fsp3) is 0.231. The van der Waals surface area contributed by atoms with Crippen LogP contribution in [0, 0.1) is 0 Å². The van der Waals surface area contributed by atoms with Crippen molar-refractivity contribution in [2.45, 2.75) is 16.2 Å². The molecule has 5 rings (SSSR count). The molecule has 2 aliphatic heterocycles. The van der Waals surface area contributed by atoms with Crippen LogP contribution in [-0.4, -0.2) is 54.3 Å². The first-order chi connectivity index (χ1) is 15.7. The average Bonchev–Trinajstić information content (AvgIpc) is 2.86. The largest absolute Gasteiger partial charge is 0.339 e. The van der Waals surface area contributed by atoms with Crippen molar-refractivity contribution in [3.8, 4) is 0 Å². The summed E-state index contributed by atoms with van der Waals surface area (Å²) in [4.78, 5) is 34.1. The van der Waals surface area contributed by atoms with Gasteiger partial charge in [-0.05, 0) is 36.4 Å². The Labute approximate surface area is 192 Å². The summed E-state index contributed by atoms with van der Waals surface area (Å²) < 4.78 is 0. The molecule has 1 fully saturated rings. The molecule has 32 heavy (non-hydrogen) atoms. The summed E-state index contributed by atoms with van der Waals surface area (Å²) in [6.45, 7) is 2.95. The first-order valence-electron chi connectivity index (χ1n) is 11.0. The van der Waals surface area contributed by atoms with Crippen LogP contribution in [0.2, 0.25) is 0 Å². The molecule has 162 valence electrons. The maximum absolute atomic E-state index is 13.0. The van der Waals surface area contributed by atoms with E-state index in [0.29, 0.717) is 44.7 Å². The topological polar surface area (TPSA) is 43.9 Å². The number of carbonyl (C=O) groups excluding carboxylic acids is 2. The molecule has 0 aliphatic carbocycles. The van der Waals surface area contributed by atoms with Crippen molar-refractivity contribution < 1.29 is 9.59 Å². The van der Waals surface area contributed by atoms with Crippen molar-refractivity contribution in [1.29, 1.82) is 0 Å². The molecule has 5 nitrogen and oxygen atoms in total. The molecule has 2 heterocycles. The number of hydrogen-bond acceptors (Lipinski definition) is 4. The van der Waals surface area contributed by atoms with E-state index in [4.69, 9.17) is 0 Å². The van der Waals surface area contributed by atoms with Gasteiger partial charge in [0.1, 0.15) is 0 Å². The van der Waals surface area contributed by atoms with Crippen molar-refractivity contribution in [3.05, 3.63) is 84.4 Å². The number of piperazine rings is 1. The van der Waals surface area contributed by atoms with Gasteiger partial charge in [-0.2, -0.15) is 0 Å². The summed E-state index contributed by atoms with van der Waals surface area (Å²) in [5, 5.41) is 0. The predicted molar refractivity (Wildman–Crippen MR) is 128 cm³/mol. The molecule has 0 saturated carbocycles. The first-order valence-corrected chi connectivity index (χ1v) is 11.8. The smallest absolute Gasteiger partial charge is 0.253 e. The third-order valence-corrected chi connectivity index (χ3v) is 7.15. The molecule has 3 aromatic rings. The molecule has 3 aromatic carbocycles. The van der Waals surface area contributed by atoms with E-state index >= 15 is 0 Å². The molecular weight excluding hydrogens is 418 g/mol. The van der Waals surface area contributed by atoms with E-state index in [9.17, 15) is 9.59 Å². The number of amides is 2. The number of fused-ring (bicyclic) bond motifs is 2. The van der Waals surface area contributed by atoms with Crippen LogP contribution in [0.4, 0.5) is 11.4 Å². The quantitative estimate of drug-likeness (QED) is 0.588. The Bertz CT molecular complexity index is 1080. The molecule has 0 radical (unpaired) electrons. The van der Waals surface area contributed by atoms with Gasteiger partial charge >= 0.3 is 0 Å². The Balaban J connectivity index is 1.22. The van der Waals surface area contributed by atoms with Gasteiger partial charge in [-0.3, -0.25) is 9.59 Å². The second-order valence-corrected chi connectivity index (χ2v) is 9.06. The van der Waals surface area contributed by atoms with E-state index in [1.165, 1.54) is 9.79 Å². The normalized spacial score (nSPS) is 15.2. The molecule has 0 unspecified atom stereocenters. The molecule has 2 amide bonds. The molecule has 1 saturated heterocycles. The number of benzene rings is 3. The van der Waals surface area contributed by atoms with Gasteiger partial charge in [0.05, 0.1) is 11.4 Å². The first kappa shape index (κ1) is 20.6. The molecule has 6 heteroatoms. The van der Waals surface area contributed by atoms with Crippen LogP contribution in [-0.2, 0) is 4.79 Å². The zero-order chi connectivity index (χ0) is 21.9. The Hall–Kier alpha value is -3.25. The highest BCUT2D eigenvalue weighted by atomic mass is 32.2. The molecule has 0 spiro atoms. The van der Waals surface area contributed by atoms with Crippen molar-refractivity contribution in [1.82, 2.24) is 9.80 Å². The van der Waals surface area contributed by atoms with Gasteiger partial charge in [-0.15, -0.1) is 0 Å². The lowest BCUT2D eigenvalue weighted by Gasteiger charge is -2.36. The van der Waals surface area contributed by atoms with E-state index in [1.54, 1.807) is 11.8 Å². The standard InChI is InChI=1S/C26H25N3O2S/c30-25(27-16-18-28(19-17-27)26(31)20-8-2-1-3-9-20)14-15-29-21-10-4-6-12-23(21)32-24-13-7-5-11-22(24)29/h1-13H,14-19H2. The fourth-order valence-corrected chi connectivity index (χ4v) is 5.41.